The Morgan fingerprint density at radius 2 is 2.06 bits per heavy atom. The second-order valence-electron chi connectivity index (χ2n) is 4.24. The molecule has 0 heterocycles. The Hall–Kier alpha value is -1.49. The summed E-state index contributed by atoms with van der Waals surface area (Å²) in [6, 6.07) is 2.64. The molecule has 5 heteroatoms. The first-order valence-electron chi connectivity index (χ1n) is 5.40. The Bertz CT molecular complexity index is 407. The predicted molar refractivity (Wildman–Crippen MR) is 61.5 cm³/mol. The monoisotopic (exact) mass is 242 g/mol. The van der Waals surface area contributed by atoms with Gasteiger partial charge in [-0.2, -0.15) is 0 Å². The maximum atomic E-state index is 13.3. The van der Waals surface area contributed by atoms with Gasteiger partial charge in [0.2, 0.25) is 0 Å². The van der Waals surface area contributed by atoms with E-state index in [-0.39, 0.29) is 24.1 Å². The van der Waals surface area contributed by atoms with Crippen molar-refractivity contribution in [3.8, 4) is 0 Å². The number of halogens is 2. The number of rotatable bonds is 4. The number of nitrogens with two attached hydrogens (primary N) is 1. The second-order valence-corrected chi connectivity index (χ2v) is 4.24. The second kappa shape index (κ2) is 5.72. The number of carbonyl (C=O) groups is 1. The van der Waals surface area contributed by atoms with E-state index < -0.39 is 17.5 Å². The van der Waals surface area contributed by atoms with Crippen molar-refractivity contribution in [2.75, 3.05) is 6.54 Å². The smallest absolute Gasteiger partial charge is 0.254 e. The summed E-state index contributed by atoms with van der Waals surface area (Å²) in [5, 5.41) is 2.51. The van der Waals surface area contributed by atoms with Gasteiger partial charge in [-0.3, -0.25) is 4.79 Å². The molecule has 0 fully saturated rings. The average molecular weight is 242 g/mol. The largest absolute Gasteiger partial charge is 0.350 e. The van der Waals surface area contributed by atoms with Crippen LogP contribution in [0.4, 0.5) is 8.78 Å². The van der Waals surface area contributed by atoms with Gasteiger partial charge in [0.1, 0.15) is 11.6 Å². The summed E-state index contributed by atoms with van der Waals surface area (Å²) in [7, 11) is 0. The van der Waals surface area contributed by atoms with Crippen molar-refractivity contribution < 1.29 is 13.6 Å². The highest BCUT2D eigenvalue weighted by Crippen LogP contribution is 2.09. The molecule has 3 N–H and O–H groups in total. The lowest BCUT2D eigenvalue weighted by atomic mass is 10.1. The van der Waals surface area contributed by atoms with Gasteiger partial charge in [0, 0.05) is 18.7 Å². The zero-order valence-corrected chi connectivity index (χ0v) is 9.84. The fourth-order valence-corrected chi connectivity index (χ4v) is 1.22. The van der Waals surface area contributed by atoms with Crippen LogP contribution in [0.1, 0.15) is 24.2 Å². The number of amides is 1. The molecule has 1 aromatic carbocycles. The van der Waals surface area contributed by atoms with Gasteiger partial charge >= 0.3 is 0 Å². The fourth-order valence-electron chi connectivity index (χ4n) is 1.22. The van der Waals surface area contributed by atoms with E-state index in [2.05, 4.69) is 5.32 Å². The first kappa shape index (κ1) is 13.6. The van der Waals surface area contributed by atoms with Crippen LogP contribution in [0.25, 0.3) is 0 Å². The first-order chi connectivity index (χ1) is 7.91. The third-order valence-corrected chi connectivity index (χ3v) is 2.53. The van der Waals surface area contributed by atoms with Gasteiger partial charge in [-0.15, -0.1) is 0 Å². The molecule has 17 heavy (non-hydrogen) atoms. The van der Waals surface area contributed by atoms with Gasteiger partial charge in [0.15, 0.2) is 0 Å². The van der Waals surface area contributed by atoms with Gasteiger partial charge in [-0.1, -0.05) is 13.8 Å². The zero-order chi connectivity index (χ0) is 13.0. The number of hydrogen-bond acceptors (Lipinski definition) is 2. The molecule has 0 aliphatic rings. The maximum Gasteiger partial charge on any atom is 0.254 e. The Labute approximate surface area is 99.0 Å². The molecule has 0 spiro atoms. The summed E-state index contributed by atoms with van der Waals surface area (Å²) in [5.74, 6) is -1.95. The SMILES string of the molecule is CC(C)C(N)CNC(=O)c1ccc(F)cc1F. The Kier molecular flexibility index (Phi) is 4.57. The van der Waals surface area contributed by atoms with Crippen LogP contribution in [0.3, 0.4) is 0 Å². The molecule has 1 unspecified atom stereocenters. The minimum absolute atomic E-state index is 0.178. The molecule has 0 aliphatic heterocycles. The van der Waals surface area contributed by atoms with Crippen molar-refractivity contribution in [3.63, 3.8) is 0 Å². The molecule has 1 aromatic rings. The van der Waals surface area contributed by atoms with Gasteiger partial charge in [-0.25, -0.2) is 8.78 Å². The normalized spacial score (nSPS) is 12.6. The highest BCUT2D eigenvalue weighted by atomic mass is 19.1. The summed E-state index contributed by atoms with van der Waals surface area (Å²) < 4.78 is 25.9. The molecule has 0 aliphatic carbocycles. The van der Waals surface area contributed by atoms with E-state index in [0.717, 1.165) is 12.1 Å². The van der Waals surface area contributed by atoms with E-state index in [1.807, 2.05) is 13.8 Å². The van der Waals surface area contributed by atoms with Crippen molar-refractivity contribution in [1.29, 1.82) is 0 Å². The quantitative estimate of drug-likeness (QED) is 0.844. The van der Waals surface area contributed by atoms with Crippen LogP contribution >= 0.6 is 0 Å². The van der Waals surface area contributed by atoms with Crippen LogP contribution in [0, 0.1) is 17.6 Å². The highest BCUT2D eigenvalue weighted by Gasteiger charge is 2.14. The van der Waals surface area contributed by atoms with Crippen molar-refractivity contribution >= 4 is 5.91 Å². The minimum Gasteiger partial charge on any atom is -0.350 e. The van der Waals surface area contributed by atoms with E-state index in [0.29, 0.717) is 6.07 Å². The molecule has 1 atom stereocenters. The van der Waals surface area contributed by atoms with Crippen molar-refractivity contribution in [2.45, 2.75) is 19.9 Å². The maximum absolute atomic E-state index is 13.3. The van der Waals surface area contributed by atoms with Crippen LogP contribution in [0.5, 0.6) is 0 Å². The zero-order valence-electron chi connectivity index (χ0n) is 9.84. The summed E-state index contributed by atoms with van der Waals surface area (Å²) in [6.45, 7) is 4.11. The lowest BCUT2D eigenvalue weighted by Gasteiger charge is -2.16. The van der Waals surface area contributed by atoms with Crippen LogP contribution in [0.15, 0.2) is 18.2 Å². The molecule has 1 amide bonds. The van der Waals surface area contributed by atoms with E-state index in [1.165, 1.54) is 0 Å². The van der Waals surface area contributed by atoms with E-state index >= 15 is 0 Å². The van der Waals surface area contributed by atoms with Crippen molar-refractivity contribution in [2.24, 2.45) is 11.7 Å². The summed E-state index contributed by atoms with van der Waals surface area (Å²) >= 11 is 0. The molecule has 0 radical (unpaired) electrons. The fraction of sp³-hybridized carbons (Fsp3) is 0.417. The van der Waals surface area contributed by atoms with Crippen molar-refractivity contribution in [1.82, 2.24) is 5.32 Å². The lowest BCUT2D eigenvalue weighted by Crippen LogP contribution is -2.40. The number of carbonyl (C=O) groups excluding carboxylic acids is 1. The van der Waals surface area contributed by atoms with E-state index in [9.17, 15) is 13.6 Å². The first-order valence-corrected chi connectivity index (χ1v) is 5.40. The standard InChI is InChI=1S/C12H16F2N2O/c1-7(2)11(15)6-16-12(17)9-4-3-8(13)5-10(9)14/h3-5,7,11H,6,15H2,1-2H3,(H,16,17). The molecule has 0 saturated heterocycles. The molecule has 0 bridgehead atoms. The summed E-state index contributed by atoms with van der Waals surface area (Å²) in [4.78, 5) is 11.6. The summed E-state index contributed by atoms with van der Waals surface area (Å²) in [6.07, 6.45) is 0. The third kappa shape index (κ3) is 3.78. The number of hydrogen-bond donors (Lipinski definition) is 2. The van der Waals surface area contributed by atoms with E-state index in [1.54, 1.807) is 0 Å². The van der Waals surface area contributed by atoms with Gasteiger partial charge in [-0.05, 0) is 18.1 Å². The molecule has 0 aromatic heterocycles. The molecular weight excluding hydrogens is 226 g/mol. The molecule has 94 valence electrons. The molecule has 0 saturated carbocycles. The van der Waals surface area contributed by atoms with Crippen LogP contribution in [0.2, 0.25) is 0 Å². The molecule has 1 rings (SSSR count). The predicted octanol–water partition coefficient (Wildman–Crippen LogP) is 1.68. The Morgan fingerprint density at radius 1 is 1.41 bits per heavy atom. The summed E-state index contributed by atoms with van der Waals surface area (Å²) in [5.41, 5.74) is 5.56. The highest BCUT2D eigenvalue weighted by molar-refractivity contribution is 5.94. The molecule has 3 nitrogen and oxygen atoms in total. The Balaban J connectivity index is 2.64. The number of nitrogens with one attached hydrogen (secondary N) is 1. The van der Waals surface area contributed by atoms with Crippen molar-refractivity contribution in [3.05, 3.63) is 35.4 Å². The third-order valence-electron chi connectivity index (χ3n) is 2.53. The van der Waals surface area contributed by atoms with Crippen LogP contribution in [-0.2, 0) is 0 Å². The number of benzene rings is 1. The van der Waals surface area contributed by atoms with Crippen LogP contribution < -0.4 is 11.1 Å². The minimum atomic E-state index is -0.874. The van der Waals surface area contributed by atoms with E-state index in [4.69, 9.17) is 5.73 Å². The molecular formula is C12H16F2N2O. The topological polar surface area (TPSA) is 55.1 Å². The van der Waals surface area contributed by atoms with Gasteiger partial charge in [0.25, 0.3) is 5.91 Å². The van der Waals surface area contributed by atoms with Gasteiger partial charge < -0.3 is 11.1 Å². The lowest BCUT2D eigenvalue weighted by molar-refractivity contribution is 0.0945. The van der Waals surface area contributed by atoms with Gasteiger partial charge in [0.05, 0.1) is 5.56 Å². The van der Waals surface area contributed by atoms with Crippen LogP contribution in [-0.4, -0.2) is 18.5 Å². The average Bonchev–Trinajstić information content (AvgIpc) is 2.25. The Morgan fingerprint density at radius 3 is 2.59 bits per heavy atom.